The molecule has 0 heterocycles. The fourth-order valence-electron chi connectivity index (χ4n) is 1.93. The molecule has 2 aromatic carbocycles. The summed E-state index contributed by atoms with van der Waals surface area (Å²) >= 11 is 0. The SMILES string of the molecule is COc1cccc(C(O)c2cc(C)cc(F)c2)c1. The van der Waals surface area contributed by atoms with Gasteiger partial charge in [-0.1, -0.05) is 18.2 Å². The van der Waals surface area contributed by atoms with Crippen LogP contribution in [0.1, 0.15) is 22.8 Å². The summed E-state index contributed by atoms with van der Waals surface area (Å²) in [4.78, 5) is 0. The first-order valence-corrected chi connectivity index (χ1v) is 5.69. The molecular formula is C15H15FO2. The lowest BCUT2D eigenvalue weighted by atomic mass is 10.00. The molecule has 1 atom stereocenters. The van der Waals surface area contributed by atoms with E-state index >= 15 is 0 Å². The van der Waals surface area contributed by atoms with Gasteiger partial charge in [-0.05, 0) is 47.9 Å². The van der Waals surface area contributed by atoms with Crippen molar-refractivity contribution in [3.05, 3.63) is 65.0 Å². The predicted octanol–water partition coefficient (Wildman–Crippen LogP) is 3.22. The first-order chi connectivity index (χ1) is 8.60. The maximum absolute atomic E-state index is 13.3. The maximum Gasteiger partial charge on any atom is 0.123 e. The van der Waals surface area contributed by atoms with Crippen molar-refractivity contribution >= 4 is 0 Å². The lowest BCUT2D eigenvalue weighted by Gasteiger charge is -2.13. The first kappa shape index (κ1) is 12.6. The Kier molecular flexibility index (Phi) is 3.63. The fraction of sp³-hybridized carbons (Fsp3) is 0.200. The van der Waals surface area contributed by atoms with Crippen LogP contribution in [0.15, 0.2) is 42.5 Å². The van der Waals surface area contributed by atoms with Crippen LogP contribution < -0.4 is 4.74 Å². The molecule has 0 aliphatic heterocycles. The Morgan fingerprint density at radius 3 is 2.56 bits per heavy atom. The third kappa shape index (κ3) is 2.68. The minimum absolute atomic E-state index is 0.341. The Balaban J connectivity index is 2.37. The molecule has 0 saturated heterocycles. The van der Waals surface area contributed by atoms with Crippen molar-refractivity contribution in [1.82, 2.24) is 0 Å². The van der Waals surface area contributed by atoms with E-state index in [0.717, 1.165) is 5.56 Å². The summed E-state index contributed by atoms with van der Waals surface area (Å²) in [5.74, 6) is 0.326. The van der Waals surface area contributed by atoms with Gasteiger partial charge in [0.1, 0.15) is 17.7 Å². The molecule has 2 rings (SSSR count). The van der Waals surface area contributed by atoms with Gasteiger partial charge in [-0.2, -0.15) is 0 Å². The monoisotopic (exact) mass is 246 g/mol. The van der Waals surface area contributed by atoms with Crippen molar-refractivity contribution in [1.29, 1.82) is 0 Å². The highest BCUT2D eigenvalue weighted by molar-refractivity contribution is 5.36. The van der Waals surface area contributed by atoms with Crippen LogP contribution in [-0.4, -0.2) is 12.2 Å². The van der Waals surface area contributed by atoms with E-state index in [9.17, 15) is 9.50 Å². The molecule has 3 heteroatoms. The van der Waals surface area contributed by atoms with Gasteiger partial charge < -0.3 is 9.84 Å². The number of methoxy groups -OCH3 is 1. The van der Waals surface area contributed by atoms with Crippen molar-refractivity contribution in [2.24, 2.45) is 0 Å². The lowest BCUT2D eigenvalue weighted by Crippen LogP contribution is -2.01. The summed E-state index contributed by atoms with van der Waals surface area (Å²) in [6.45, 7) is 1.80. The van der Waals surface area contributed by atoms with E-state index in [1.165, 1.54) is 12.1 Å². The minimum atomic E-state index is -0.852. The third-order valence-electron chi connectivity index (χ3n) is 2.79. The number of ether oxygens (including phenoxy) is 1. The largest absolute Gasteiger partial charge is 0.497 e. The van der Waals surface area contributed by atoms with E-state index in [0.29, 0.717) is 16.9 Å². The average Bonchev–Trinajstić information content (AvgIpc) is 2.37. The van der Waals surface area contributed by atoms with Gasteiger partial charge in [-0.25, -0.2) is 4.39 Å². The second-order valence-electron chi connectivity index (χ2n) is 4.24. The summed E-state index contributed by atoms with van der Waals surface area (Å²) in [6.07, 6.45) is -0.852. The van der Waals surface area contributed by atoms with E-state index in [1.54, 1.807) is 44.4 Å². The fourth-order valence-corrected chi connectivity index (χ4v) is 1.93. The minimum Gasteiger partial charge on any atom is -0.497 e. The van der Waals surface area contributed by atoms with Crippen molar-refractivity contribution in [2.75, 3.05) is 7.11 Å². The summed E-state index contributed by atoms with van der Waals surface area (Å²) in [5, 5.41) is 10.2. The van der Waals surface area contributed by atoms with Gasteiger partial charge in [-0.3, -0.25) is 0 Å². The van der Waals surface area contributed by atoms with Gasteiger partial charge in [-0.15, -0.1) is 0 Å². The zero-order chi connectivity index (χ0) is 13.1. The number of rotatable bonds is 3. The topological polar surface area (TPSA) is 29.5 Å². The second-order valence-corrected chi connectivity index (χ2v) is 4.24. The highest BCUT2D eigenvalue weighted by Crippen LogP contribution is 2.26. The summed E-state index contributed by atoms with van der Waals surface area (Å²) < 4.78 is 18.4. The molecule has 0 saturated carbocycles. The van der Waals surface area contributed by atoms with E-state index in [4.69, 9.17) is 4.74 Å². The Hall–Kier alpha value is -1.87. The summed E-state index contributed by atoms with van der Waals surface area (Å²) in [7, 11) is 1.57. The van der Waals surface area contributed by atoms with Crippen LogP contribution in [0.5, 0.6) is 5.75 Å². The Labute approximate surface area is 106 Å². The molecule has 0 aromatic heterocycles. The second kappa shape index (κ2) is 5.19. The Morgan fingerprint density at radius 1 is 1.11 bits per heavy atom. The third-order valence-corrected chi connectivity index (χ3v) is 2.79. The van der Waals surface area contributed by atoms with Crippen LogP contribution in [0.25, 0.3) is 0 Å². The molecule has 2 nitrogen and oxygen atoms in total. The highest BCUT2D eigenvalue weighted by atomic mass is 19.1. The molecule has 0 radical (unpaired) electrons. The van der Waals surface area contributed by atoms with Gasteiger partial charge in [0.15, 0.2) is 0 Å². The maximum atomic E-state index is 13.3. The molecule has 1 N–H and O–H groups in total. The normalized spacial score (nSPS) is 12.2. The predicted molar refractivity (Wildman–Crippen MR) is 68.2 cm³/mol. The van der Waals surface area contributed by atoms with Crippen LogP contribution in [0.2, 0.25) is 0 Å². The number of aliphatic hydroxyl groups excluding tert-OH is 1. The first-order valence-electron chi connectivity index (χ1n) is 5.69. The van der Waals surface area contributed by atoms with Gasteiger partial charge in [0, 0.05) is 0 Å². The number of aliphatic hydroxyl groups is 1. The standard InChI is InChI=1S/C15H15FO2/c1-10-6-12(8-13(16)7-10)15(17)11-4-3-5-14(9-11)18-2/h3-9,15,17H,1-2H3. The Bertz CT molecular complexity index is 532. The van der Waals surface area contributed by atoms with Crippen LogP contribution in [0.3, 0.4) is 0 Å². The molecule has 0 spiro atoms. The van der Waals surface area contributed by atoms with Crippen molar-refractivity contribution in [3.63, 3.8) is 0 Å². The molecule has 0 aliphatic rings. The van der Waals surface area contributed by atoms with Crippen molar-refractivity contribution < 1.29 is 14.2 Å². The lowest BCUT2D eigenvalue weighted by molar-refractivity contribution is 0.219. The van der Waals surface area contributed by atoms with Crippen LogP contribution >= 0.6 is 0 Å². The zero-order valence-corrected chi connectivity index (χ0v) is 10.4. The highest BCUT2D eigenvalue weighted by Gasteiger charge is 2.12. The summed E-state index contributed by atoms with van der Waals surface area (Å²) in [5.41, 5.74) is 2.01. The number of hydrogen-bond donors (Lipinski definition) is 1. The molecule has 94 valence electrons. The van der Waals surface area contributed by atoms with E-state index in [2.05, 4.69) is 0 Å². The van der Waals surface area contributed by atoms with Crippen molar-refractivity contribution in [2.45, 2.75) is 13.0 Å². The number of halogens is 1. The van der Waals surface area contributed by atoms with E-state index in [1.807, 2.05) is 0 Å². The molecule has 18 heavy (non-hydrogen) atoms. The average molecular weight is 246 g/mol. The van der Waals surface area contributed by atoms with Gasteiger partial charge in [0.2, 0.25) is 0 Å². The van der Waals surface area contributed by atoms with Gasteiger partial charge in [0.25, 0.3) is 0 Å². The molecule has 0 fully saturated rings. The molecule has 0 amide bonds. The van der Waals surface area contributed by atoms with Crippen LogP contribution in [0, 0.1) is 12.7 Å². The molecular weight excluding hydrogens is 231 g/mol. The number of aryl methyl sites for hydroxylation is 1. The number of hydrogen-bond acceptors (Lipinski definition) is 2. The van der Waals surface area contributed by atoms with Gasteiger partial charge >= 0.3 is 0 Å². The molecule has 1 unspecified atom stereocenters. The number of benzene rings is 2. The summed E-state index contributed by atoms with van der Waals surface area (Å²) in [6, 6.07) is 11.7. The van der Waals surface area contributed by atoms with Crippen LogP contribution in [0.4, 0.5) is 4.39 Å². The smallest absolute Gasteiger partial charge is 0.123 e. The zero-order valence-electron chi connectivity index (χ0n) is 10.4. The molecule has 0 aliphatic carbocycles. The van der Waals surface area contributed by atoms with E-state index in [-0.39, 0.29) is 5.82 Å². The quantitative estimate of drug-likeness (QED) is 0.901. The van der Waals surface area contributed by atoms with Crippen LogP contribution in [-0.2, 0) is 0 Å². The van der Waals surface area contributed by atoms with Gasteiger partial charge in [0.05, 0.1) is 7.11 Å². The van der Waals surface area contributed by atoms with Crippen molar-refractivity contribution in [3.8, 4) is 5.75 Å². The van der Waals surface area contributed by atoms with E-state index < -0.39 is 6.10 Å². The molecule has 0 bridgehead atoms. The molecule has 2 aromatic rings. The Morgan fingerprint density at radius 2 is 1.89 bits per heavy atom.